The number of thioether (sulfide) groups is 2. The predicted molar refractivity (Wildman–Crippen MR) is 234 cm³/mol. The molecule has 10 rings (SSSR count). The molecule has 15 heteroatoms. The molecule has 2 spiro atoms. The van der Waals surface area contributed by atoms with Crippen LogP contribution in [0.25, 0.3) is 0 Å². The van der Waals surface area contributed by atoms with Gasteiger partial charge in [-0.1, -0.05) is 62.6 Å². The molecule has 3 aliphatic heterocycles. The molecule has 318 valence electrons. The SMILES string of the molecule is C.C.N[C@H](C(=O)N1N=C(c2cc(F)ccc2F)SC12CCCc1ccccc12)C1CC1.O=C(C1CCCNC1)N1N=C(c2cc(F)ccc2F)SC12CCCc1sccc12. The summed E-state index contributed by atoms with van der Waals surface area (Å²) in [6.07, 6.45) is 8.77. The minimum absolute atomic E-state index is 0. The highest BCUT2D eigenvalue weighted by molar-refractivity contribution is 8.15. The van der Waals surface area contributed by atoms with Gasteiger partial charge >= 0.3 is 0 Å². The third-order valence-electron chi connectivity index (χ3n) is 11.9. The first-order valence-electron chi connectivity index (χ1n) is 19.8. The molecule has 0 bridgehead atoms. The van der Waals surface area contributed by atoms with Crippen molar-refractivity contribution in [2.24, 2.45) is 27.8 Å². The van der Waals surface area contributed by atoms with Gasteiger partial charge in [-0.2, -0.15) is 10.2 Å². The Kier molecular flexibility index (Phi) is 13.0. The number of hydrazone groups is 2. The van der Waals surface area contributed by atoms with Crippen LogP contribution in [0, 0.1) is 35.1 Å². The monoisotopic (exact) mass is 878 g/mol. The summed E-state index contributed by atoms with van der Waals surface area (Å²) in [4.78, 5) is 26.7. The molecule has 3 aromatic carbocycles. The number of piperidine rings is 1. The maximum Gasteiger partial charge on any atom is 0.261 e. The standard InChI is InChI=1S/C22H21F2N3OS.C21H21F2N3OS2.2CH4/c23-15-9-10-18(24)16(12-15)20-26-27(21(28)19(25)14-7-8-14)22(29-20)11-3-5-13-4-1-2-6-17(13)22;22-14-5-6-17(23)15(11-14)19-25-26(20(27)13-3-2-9-24-12-13)21(29-19)8-1-4-18-16(21)7-10-28-18;;/h1-2,4,6,9-10,12,14,19H,3,5,7-8,11,25H2;5-7,10-11,13,24H,1-4,8-9,12H2;2*1H4/t19-,22?;;;/m0.../s1. The second-order valence-corrected chi connectivity index (χ2v) is 19.2. The molecule has 8 nitrogen and oxygen atoms in total. The van der Waals surface area contributed by atoms with E-state index >= 15 is 0 Å². The first-order chi connectivity index (χ1) is 28.1. The fourth-order valence-electron chi connectivity index (χ4n) is 8.75. The Balaban J connectivity index is 0.000000176. The normalized spacial score (nSPS) is 24.6. The van der Waals surface area contributed by atoms with Crippen LogP contribution in [0.1, 0.15) is 98.9 Å². The minimum Gasteiger partial charge on any atom is -0.320 e. The summed E-state index contributed by atoms with van der Waals surface area (Å²) in [7, 11) is 0. The topological polar surface area (TPSA) is 103 Å². The zero-order chi connectivity index (χ0) is 40.2. The number of nitrogens with zero attached hydrogens (tertiary/aromatic N) is 4. The smallest absolute Gasteiger partial charge is 0.261 e. The number of benzene rings is 3. The second-order valence-electron chi connectivity index (χ2n) is 15.7. The van der Waals surface area contributed by atoms with E-state index in [1.165, 1.54) is 39.5 Å². The largest absolute Gasteiger partial charge is 0.320 e. The van der Waals surface area contributed by atoms with E-state index < -0.39 is 39.1 Å². The average molecular weight is 879 g/mol. The molecule has 3 aliphatic carbocycles. The lowest BCUT2D eigenvalue weighted by Gasteiger charge is -2.40. The Hall–Kier alpha value is -4.02. The van der Waals surface area contributed by atoms with Gasteiger partial charge in [0.25, 0.3) is 5.91 Å². The summed E-state index contributed by atoms with van der Waals surface area (Å²) in [5.74, 6) is -2.39. The number of nitrogens with one attached hydrogen (secondary N) is 1. The van der Waals surface area contributed by atoms with E-state index in [-0.39, 0.29) is 49.6 Å². The van der Waals surface area contributed by atoms with Crippen molar-refractivity contribution in [1.29, 1.82) is 0 Å². The van der Waals surface area contributed by atoms with Crippen LogP contribution in [0.15, 0.2) is 82.3 Å². The molecule has 1 saturated heterocycles. The van der Waals surface area contributed by atoms with Gasteiger partial charge in [-0.15, -0.1) is 11.3 Å². The number of hydrogen-bond acceptors (Lipinski definition) is 9. The molecular weight excluding hydrogens is 829 g/mol. The third kappa shape index (κ3) is 7.96. The van der Waals surface area contributed by atoms with Crippen molar-refractivity contribution in [2.75, 3.05) is 13.1 Å². The predicted octanol–water partition coefficient (Wildman–Crippen LogP) is 9.85. The Labute approximate surface area is 361 Å². The maximum absolute atomic E-state index is 14.5. The number of carbonyl (C=O) groups excluding carboxylic acids is 2. The fraction of sp³-hybridized carbons (Fsp3) is 0.422. The molecule has 4 atom stereocenters. The zero-order valence-electron chi connectivity index (χ0n) is 31.6. The highest BCUT2D eigenvalue weighted by atomic mass is 32.2. The Morgan fingerprint density at radius 1 is 0.767 bits per heavy atom. The molecule has 60 heavy (non-hydrogen) atoms. The van der Waals surface area contributed by atoms with E-state index in [0.29, 0.717) is 23.1 Å². The van der Waals surface area contributed by atoms with Crippen molar-refractivity contribution in [3.8, 4) is 0 Å². The quantitative estimate of drug-likeness (QED) is 0.194. The van der Waals surface area contributed by atoms with Gasteiger partial charge in [-0.05, 0) is 136 Å². The maximum atomic E-state index is 14.5. The van der Waals surface area contributed by atoms with E-state index in [4.69, 9.17) is 5.73 Å². The minimum atomic E-state index is -0.771. The molecule has 3 unspecified atom stereocenters. The molecule has 2 amide bonds. The molecule has 2 fully saturated rings. The van der Waals surface area contributed by atoms with Gasteiger partial charge in [-0.25, -0.2) is 27.6 Å². The Morgan fingerprint density at radius 3 is 2.02 bits per heavy atom. The molecule has 4 aromatic rings. The van der Waals surface area contributed by atoms with Gasteiger partial charge in [0.1, 0.15) is 43.1 Å². The lowest BCUT2D eigenvalue weighted by atomic mass is 9.86. The van der Waals surface area contributed by atoms with E-state index in [0.717, 1.165) is 111 Å². The summed E-state index contributed by atoms with van der Waals surface area (Å²) < 4.78 is 56.7. The van der Waals surface area contributed by atoms with Crippen molar-refractivity contribution in [1.82, 2.24) is 15.3 Å². The van der Waals surface area contributed by atoms with Crippen LogP contribution >= 0.6 is 34.9 Å². The van der Waals surface area contributed by atoms with Crippen LogP contribution in [0.3, 0.4) is 0 Å². The Morgan fingerprint density at radius 2 is 1.38 bits per heavy atom. The lowest BCUT2D eigenvalue weighted by molar-refractivity contribution is -0.140. The Bertz CT molecular complexity index is 2330. The van der Waals surface area contributed by atoms with Crippen LogP contribution in [0.4, 0.5) is 17.6 Å². The molecule has 1 saturated carbocycles. The lowest BCUT2D eigenvalue weighted by Crippen LogP contribution is -2.50. The van der Waals surface area contributed by atoms with Crippen LogP contribution in [0.2, 0.25) is 0 Å². The number of carbonyl (C=O) groups is 2. The van der Waals surface area contributed by atoms with Crippen molar-refractivity contribution in [3.63, 3.8) is 0 Å². The summed E-state index contributed by atoms with van der Waals surface area (Å²) in [5, 5.41) is 18.3. The molecule has 1 aromatic heterocycles. The number of aryl methyl sites for hydroxylation is 2. The van der Waals surface area contributed by atoms with Crippen LogP contribution < -0.4 is 11.1 Å². The number of rotatable bonds is 5. The first kappa shape index (κ1) is 44.0. The van der Waals surface area contributed by atoms with Crippen molar-refractivity contribution in [3.05, 3.63) is 128 Å². The van der Waals surface area contributed by atoms with Gasteiger partial charge in [0, 0.05) is 28.1 Å². The molecule has 3 N–H and O–H groups in total. The van der Waals surface area contributed by atoms with Crippen molar-refractivity contribution in [2.45, 2.75) is 94.8 Å². The zero-order valence-corrected chi connectivity index (χ0v) is 34.0. The second kappa shape index (κ2) is 17.8. The molecule has 6 aliphatic rings. The van der Waals surface area contributed by atoms with Gasteiger partial charge in [0.2, 0.25) is 5.91 Å². The van der Waals surface area contributed by atoms with Gasteiger partial charge in [0.15, 0.2) is 0 Å². The van der Waals surface area contributed by atoms with Crippen molar-refractivity contribution >= 4 is 56.8 Å². The summed E-state index contributed by atoms with van der Waals surface area (Å²) >= 11 is 4.41. The van der Waals surface area contributed by atoms with Gasteiger partial charge < -0.3 is 11.1 Å². The number of halogens is 4. The van der Waals surface area contributed by atoms with E-state index in [1.807, 2.05) is 23.6 Å². The van der Waals surface area contributed by atoms with Gasteiger partial charge in [0.05, 0.1) is 12.0 Å². The summed E-state index contributed by atoms with van der Waals surface area (Å²) in [5.41, 5.74) is 9.69. The number of amides is 2. The highest BCUT2D eigenvalue weighted by Crippen LogP contribution is 2.56. The van der Waals surface area contributed by atoms with Gasteiger partial charge in [-0.3, -0.25) is 9.59 Å². The van der Waals surface area contributed by atoms with Crippen molar-refractivity contribution < 1.29 is 27.2 Å². The van der Waals surface area contributed by atoms with E-state index in [1.54, 1.807) is 16.3 Å². The number of thiophene rings is 1. The first-order valence-corrected chi connectivity index (χ1v) is 22.3. The number of nitrogens with two attached hydrogens (primary N) is 1. The third-order valence-corrected chi connectivity index (χ3v) is 15.7. The van der Waals surface area contributed by atoms with Crippen LogP contribution in [0.5, 0.6) is 0 Å². The number of fused-ring (bicyclic) bond motifs is 4. The number of hydrogen-bond donors (Lipinski definition) is 2. The molecule has 4 heterocycles. The highest BCUT2D eigenvalue weighted by Gasteiger charge is 2.54. The van der Waals surface area contributed by atoms with Crippen LogP contribution in [-0.2, 0) is 32.2 Å². The average Bonchev–Trinajstić information content (AvgIpc) is 3.68. The van der Waals surface area contributed by atoms with E-state index in [2.05, 4.69) is 27.7 Å². The molecule has 0 radical (unpaired) electrons. The molecular formula is C45H50F4N6O2S3. The van der Waals surface area contributed by atoms with E-state index in [9.17, 15) is 27.2 Å². The van der Waals surface area contributed by atoms with Crippen LogP contribution in [-0.4, -0.2) is 51.1 Å². The summed E-state index contributed by atoms with van der Waals surface area (Å²) in [6.45, 7) is 1.55. The fourth-order valence-corrected chi connectivity index (χ4v) is 12.8. The summed E-state index contributed by atoms with van der Waals surface area (Å²) in [6, 6.07) is 16.1.